The Balaban J connectivity index is 1.90. The summed E-state index contributed by atoms with van der Waals surface area (Å²) in [4.78, 5) is 46.0. The topological polar surface area (TPSA) is 147 Å². The highest BCUT2D eigenvalue weighted by Crippen LogP contribution is 2.50. The number of nitrogen functional groups attached to an aromatic ring is 1. The maximum Gasteiger partial charge on any atom is 0.352 e. The minimum absolute atomic E-state index is 0.132. The molecule has 1 aromatic heterocycles. The molecule has 3 rings (SSSR count). The van der Waals surface area contributed by atoms with E-state index >= 15 is 0 Å². The fraction of sp³-hybridized carbons (Fsp3) is 0.357. The van der Waals surface area contributed by atoms with Gasteiger partial charge in [-0.15, -0.1) is 23.1 Å². The smallest absolute Gasteiger partial charge is 0.352 e. The highest BCUT2D eigenvalue weighted by atomic mass is 32.2. The van der Waals surface area contributed by atoms with Crippen LogP contribution in [0.25, 0.3) is 0 Å². The van der Waals surface area contributed by atoms with E-state index in [1.54, 1.807) is 12.3 Å². The molecule has 138 valence electrons. The normalized spacial score (nSPS) is 25.1. The van der Waals surface area contributed by atoms with Gasteiger partial charge < -0.3 is 21.0 Å². The van der Waals surface area contributed by atoms with Crippen LogP contribution in [0.4, 0.5) is 5.13 Å². The number of thiazole rings is 1. The summed E-state index contributed by atoms with van der Waals surface area (Å²) in [5.74, 6) is -2.73. The van der Waals surface area contributed by atoms with E-state index < -0.39 is 28.5 Å². The van der Waals surface area contributed by atoms with Gasteiger partial charge in [-0.2, -0.15) is 0 Å². The number of anilines is 1. The summed E-state index contributed by atoms with van der Waals surface area (Å²) in [7, 11) is 1.30. The standard InChI is InChI=1S/C14H15N5O5S2/c1-5-9(13(22)23)19-11(21)8(6-4-25-14(15)17-6)12(19)26-10(5)18-7(20)3-16-24-2/h3-4,8,10,12H,1-2H3,(H2,15,17)(H,18,20)(H,22,23). The van der Waals surface area contributed by atoms with Gasteiger partial charge in [0.25, 0.3) is 5.91 Å². The number of thioether (sulfide) groups is 1. The number of fused-ring (bicyclic) bond motifs is 1. The Morgan fingerprint density at radius 2 is 2.27 bits per heavy atom. The number of carboxylic acids is 1. The number of carbonyl (C=O) groups is 3. The van der Waals surface area contributed by atoms with Gasteiger partial charge in [0, 0.05) is 5.38 Å². The van der Waals surface area contributed by atoms with Crippen LogP contribution in [-0.4, -0.2) is 56.8 Å². The van der Waals surface area contributed by atoms with Crippen molar-refractivity contribution >= 4 is 52.2 Å². The van der Waals surface area contributed by atoms with Gasteiger partial charge in [-0.3, -0.25) is 14.5 Å². The molecular formula is C14H15N5O5S2. The lowest BCUT2D eigenvalue weighted by Gasteiger charge is -2.50. The van der Waals surface area contributed by atoms with Crippen LogP contribution >= 0.6 is 23.1 Å². The van der Waals surface area contributed by atoms with Gasteiger partial charge in [0.1, 0.15) is 35.7 Å². The first-order valence-electron chi connectivity index (χ1n) is 7.35. The number of carbonyl (C=O) groups excluding carboxylic acids is 2. The van der Waals surface area contributed by atoms with Crippen molar-refractivity contribution in [3.63, 3.8) is 0 Å². The van der Waals surface area contributed by atoms with Crippen LogP contribution in [0.5, 0.6) is 0 Å². The first-order valence-corrected chi connectivity index (χ1v) is 9.18. The Kier molecular flexibility index (Phi) is 4.87. The molecule has 0 aliphatic carbocycles. The number of amides is 2. The molecular weight excluding hydrogens is 382 g/mol. The van der Waals surface area contributed by atoms with Crippen molar-refractivity contribution in [2.45, 2.75) is 23.6 Å². The molecule has 1 aromatic rings. The van der Waals surface area contributed by atoms with Crippen LogP contribution in [0.1, 0.15) is 18.5 Å². The number of rotatable bonds is 5. The van der Waals surface area contributed by atoms with E-state index in [4.69, 9.17) is 5.73 Å². The van der Waals surface area contributed by atoms with Gasteiger partial charge in [0.2, 0.25) is 5.91 Å². The molecule has 12 heteroatoms. The average molecular weight is 397 g/mol. The third-order valence-electron chi connectivity index (χ3n) is 3.94. The molecule has 3 unspecified atom stereocenters. The first kappa shape index (κ1) is 18.2. The van der Waals surface area contributed by atoms with Gasteiger partial charge in [0.05, 0.1) is 5.69 Å². The van der Waals surface area contributed by atoms with E-state index in [-0.39, 0.29) is 11.6 Å². The van der Waals surface area contributed by atoms with E-state index in [9.17, 15) is 19.5 Å². The lowest BCUT2D eigenvalue weighted by Crippen LogP contribution is -2.62. The van der Waals surface area contributed by atoms with Crippen molar-refractivity contribution in [3.05, 3.63) is 22.3 Å². The molecule has 4 N–H and O–H groups in total. The number of oxime groups is 1. The lowest BCUT2D eigenvalue weighted by atomic mass is 9.93. The van der Waals surface area contributed by atoms with Gasteiger partial charge in [-0.25, -0.2) is 9.78 Å². The van der Waals surface area contributed by atoms with Crippen LogP contribution in [0.2, 0.25) is 0 Å². The minimum atomic E-state index is -1.23. The zero-order valence-electron chi connectivity index (χ0n) is 13.7. The van der Waals surface area contributed by atoms with Gasteiger partial charge in [0.15, 0.2) is 5.13 Å². The largest absolute Gasteiger partial charge is 0.477 e. The Morgan fingerprint density at radius 3 is 2.85 bits per heavy atom. The van der Waals surface area contributed by atoms with Crippen LogP contribution < -0.4 is 11.1 Å². The summed E-state index contributed by atoms with van der Waals surface area (Å²) in [6, 6.07) is 0. The molecule has 3 heterocycles. The summed E-state index contributed by atoms with van der Waals surface area (Å²) in [5, 5.41) is 16.5. The van der Waals surface area contributed by atoms with Gasteiger partial charge in [-0.05, 0) is 12.5 Å². The number of nitrogens with zero attached hydrogens (tertiary/aromatic N) is 3. The predicted molar refractivity (Wildman–Crippen MR) is 95.3 cm³/mol. The second-order valence-corrected chi connectivity index (χ2v) is 7.58. The Morgan fingerprint density at radius 1 is 1.54 bits per heavy atom. The molecule has 10 nitrogen and oxygen atoms in total. The molecule has 1 saturated heterocycles. The molecule has 0 bridgehead atoms. The number of carboxylic acid groups (broad SMARTS) is 1. The Hall–Kier alpha value is -2.60. The van der Waals surface area contributed by atoms with Crippen LogP contribution in [0.15, 0.2) is 21.8 Å². The second-order valence-electron chi connectivity index (χ2n) is 5.47. The molecule has 3 atom stereocenters. The van der Waals surface area contributed by atoms with Crippen molar-refractivity contribution in [1.29, 1.82) is 0 Å². The minimum Gasteiger partial charge on any atom is -0.477 e. The maximum absolute atomic E-state index is 12.6. The number of hydrogen-bond donors (Lipinski definition) is 3. The number of nitrogens with one attached hydrogen (secondary N) is 1. The second kappa shape index (κ2) is 6.96. The Bertz CT molecular complexity index is 835. The predicted octanol–water partition coefficient (Wildman–Crippen LogP) is 0.157. The molecule has 0 radical (unpaired) electrons. The number of nitrogens with two attached hydrogens (primary N) is 1. The molecule has 1 fully saturated rings. The molecule has 0 aromatic carbocycles. The van der Waals surface area contributed by atoms with Crippen molar-refractivity contribution in [3.8, 4) is 0 Å². The fourth-order valence-corrected chi connectivity index (χ4v) is 4.92. The van der Waals surface area contributed by atoms with Crippen molar-refractivity contribution in [2.75, 3.05) is 12.8 Å². The van der Waals surface area contributed by atoms with Crippen molar-refractivity contribution in [2.24, 2.45) is 5.16 Å². The van der Waals surface area contributed by atoms with Crippen molar-refractivity contribution in [1.82, 2.24) is 15.2 Å². The van der Waals surface area contributed by atoms with Crippen LogP contribution in [0, 0.1) is 0 Å². The lowest BCUT2D eigenvalue weighted by molar-refractivity contribution is -0.148. The van der Waals surface area contributed by atoms with Gasteiger partial charge in [-0.1, -0.05) is 5.16 Å². The quantitative estimate of drug-likeness (QED) is 0.361. The number of hydrogen-bond acceptors (Lipinski definition) is 9. The summed E-state index contributed by atoms with van der Waals surface area (Å²) in [6.07, 6.45) is 0.950. The summed E-state index contributed by atoms with van der Waals surface area (Å²) in [5.41, 5.74) is 6.37. The van der Waals surface area contributed by atoms with Crippen molar-refractivity contribution < 1.29 is 24.3 Å². The molecule has 2 amide bonds. The van der Waals surface area contributed by atoms with E-state index in [1.165, 1.54) is 35.1 Å². The third kappa shape index (κ3) is 3.01. The summed E-state index contributed by atoms with van der Waals surface area (Å²) in [6.45, 7) is 1.56. The maximum atomic E-state index is 12.6. The fourth-order valence-electron chi connectivity index (χ4n) is 2.79. The number of aromatic nitrogens is 1. The van der Waals surface area contributed by atoms with E-state index in [1.807, 2.05) is 0 Å². The summed E-state index contributed by atoms with van der Waals surface area (Å²) < 4.78 is 0. The number of aliphatic carboxylic acids is 1. The molecule has 26 heavy (non-hydrogen) atoms. The monoisotopic (exact) mass is 397 g/mol. The first-order chi connectivity index (χ1) is 12.3. The van der Waals surface area contributed by atoms with E-state index in [0.29, 0.717) is 16.4 Å². The molecule has 2 aliphatic heterocycles. The Labute approximate surface area is 156 Å². The highest BCUT2D eigenvalue weighted by Gasteiger charge is 2.56. The van der Waals surface area contributed by atoms with Gasteiger partial charge >= 0.3 is 5.97 Å². The highest BCUT2D eigenvalue weighted by molar-refractivity contribution is 8.00. The zero-order valence-corrected chi connectivity index (χ0v) is 15.3. The molecule has 0 saturated carbocycles. The summed E-state index contributed by atoms with van der Waals surface area (Å²) >= 11 is 2.47. The zero-order chi connectivity index (χ0) is 19.0. The van der Waals surface area contributed by atoms with E-state index in [0.717, 1.165) is 6.21 Å². The van der Waals surface area contributed by atoms with E-state index in [2.05, 4.69) is 20.3 Å². The van der Waals surface area contributed by atoms with Crippen LogP contribution in [0.3, 0.4) is 0 Å². The molecule has 2 aliphatic rings. The average Bonchev–Trinajstić information content (AvgIpc) is 3.00. The number of β-lactam (4-membered cyclic amide) rings is 1. The van der Waals surface area contributed by atoms with Crippen LogP contribution in [-0.2, 0) is 19.2 Å². The SMILES string of the molecule is CON=CC(=O)NC1SC2C(c3csc(N)n3)C(=O)N2C(C(=O)O)=C1C. The molecule has 0 spiro atoms. The third-order valence-corrected chi connectivity index (χ3v) is 6.13.